The van der Waals surface area contributed by atoms with E-state index >= 15 is 0 Å². The largest absolute Gasteiger partial charge is 0.399 e. The number of anilines is 1. The summed E-state index contributed by atoms with van der Waals surface area (Å²) in [5.41, 5.74) is 8.36. The first-order valence-corrected chi connectivity index (χ1v) is 5.97. The number of nitrogens with two attached hydrogens (primary N) is 1. The van der Waals surface area contributed by atoms with E-state index in [1.54, 1.807) is 12.1 Å². The van der Waals surface area contributed by atoms with Crippen LogP contribution in [0.2, 0.25) is 0 Å². The number of para-hydroxylation sites is 1. The fourth-order valence-electron chi connectivity index (χ4n) is 2.07. The zero-order valence-electron chi connectivity index (χ0n) is 10.4. The van der Waals surface area contributed by atoms with Gasteiger partial charge in [0, 0.05) is 17.3 Å². The highest BCUT2D eigenvalue weighted by Gasteiger charge is 2.14. The molecule has 0 heterocycles. The van der Waals surface area contributed by atoms with E-state index in [1.807, 2.05) is 37.4 Å². The van der Waals surface area contributed by atoms with Crippen molar-refractivity contribution in [1.82, 2.24) is 5.32 Å². The smallest absolute Gasteiger partial charge is 0.127 e. The molecule has 0 unspecified atom stereocenters. The number of benzene rings is 2. The molecule has 18 heavy (non-hydrogen) atoms. The molecule has 0 spiro atoms. The lowest BCUT2D eigenvalue weighted by molar-refractivity contribution is 0.534. The minimum Gasteiger partial charge on any atom is -0.399 e. The zero-order chi connectivity index (χ0) is 13.0. The maximum absolute atomic E-state index is 13.8. The number of likely N-dealkylation sites (N-methyl/N-ethyl adjacent to an activating group) is 1. The van der Waals surface area contributed by atoms with Crippen molar-refractivity contribution in [3.63, 3.8) is 0 Å². The van der Waals surface area contributed by atoms with Crippen LogP contribution in [0.1, 0.15) is 17.2 Å². The second-order valence-corrected chi connectivity index (χ2v) is 4.27. The summed E-state index contributed by atoms with van der Waals surface area (Å²) in [6.45, 7) is 0. The van der Waals surface area contributed by atoms with Gasteiger partial charge in [-0.1, -0.05) is 36.4 Å². The van der Waals surface area contributed by atoms with Gasteiger partial charge in [-0.15, -0.1) is 0 Å². The number of rotatable bonds is 4. The molecule has 3 heteroatoms. The van der Waals surface area contributed by atoms with Crippen LogP contribution in [0, 0.1) is 5.82 Å². The Kier molecular flexibility index (Phi) is 3.95. The molecule has 94 valence electrons. The van der Waals surface area contributed by atoms with Gasteiger partial charge in [-0.2, -0.15) is 0 Å². The van der Waals surface area contributed by atoms with Gasteiger partial charge in [0.2, 0.25) is 0 Å². The van der Waals surface area contributed by atoms with Gasteiger partial charge >= 0.3 is 0 Å². The average molecular weight is 244 g/mol. The third-order valence-electron chi connectivity index (χ3n) is 3.11. The van der Waals surface area contributed by atoms with Gasteiger partial charge in [-0.05, 0) is 31.2 Å². The van der Waals surface area contributed by atoms with Crippen LogP contribution in [-0.2, 0) is 6.42 Å². The Labute approximate surface area is 107 Å². The number of hydrogen-bond donors (Lipinski definition) is 2. The summed E-state index contributed by atoms with van der Waals surface area (Å²) in [6, 6.07) is 14.4. The lowest BCUT2D eigenvalue weighted by Crippen LogP contribution is -2.20. The van der Waals surface area contributed by atoms with Crippen molar-refractivity contribution in [2.24, 2.45) is 0 Å². The Morgan fingerprint density at radius 1 is 1.11 bits per heavy atom. The topological polar surface area (TPSA) is 38.0 Å². The molecule has 0 aromatic heterocycles. The lowest BCUT2D eigenvalue weighted by Gasteiger charge is -2.18. The summed E-state index contributed by atoms with van der Waals surface area (Å²) in [7, 11) is 1.83. The molecular formula is C15H17FN2. The quantitative estimate of drug-likeness (QED) is 0.812. The maximum Gasteiger partial charge on any atom is 0.127 e. The van der Waals surface area contributed by atoms with Crippen molar-refractivity contribution in [2.75, 3.05) is 12.8 Å². The van der Waals surface area contributed by atoms with Crippen LogP contribution in [0.15, 0.2) is 48.5 Å². The van der Waals surface area contributed by atoms with Crippen molar-refractivity contribution in [3.8, 4) is 0 Å². The third-order valence-corrected chi connectivity index (χ3v) is 3.11. The maximum atomic E-state index is 13.8. The monoisotopic (exact) mass is 244 g/mol. The molecule has 2 nitrogen and oxygen atoms in total. The molecular weight excluding hydrogens is 227 g/mol. The van der Waals surface area contributed by atoms with E-state index in [0.717, 1.165) is 11.3 Å². The average Bonchev–Trinajstić information content (AvgIpc) is 2.39. The molecule has 0 saturated carbocycles. The first-order chi connectivity index (χ1) is 8.72. The third kappa shape index (κ3) is 2.68. The number of halogens is 1. The van der Waals surface area contributed by atoms with E-state index < -0.39 is 0 Å². The van der Waals surface area contributed by atoms with E-state index in [1.165, 1.54) is 6.07 Å². The Bertz CT molecular complexity index is 525. The fraction of sp³-hybridized carbons (Fsp3) is 0.200. The molecule has 0 bridgehead atoms. The van der Waals surface area contributed by atoms with E-state index in [4.69, 9.17) is 5.73 Å². The highest BCUT2D eigenvalue weighted by Crippen LogP contribution is 2.23. The van der Waals surface area contributed by atoms with Crippen molar-refractivity contribution >= 4 is 5.69 Å². The van der Waals surface area contributed by atoms with Crippen molar-refractivity contribution in [1.29, 1.82) is 0 Å². The minimum atomic E-state index is -0.189. The predicted molar refractivity (Wildman–Crippen MR) is 72.8 cm³/mol. The number of hydrogen-bond acceptors (Lipinski definition) is 2. The van der Waals surface area contributed by atoms with Gasteiger partial charge in [0.15, 0.2) is 0 Å². The van der Waals surface area contributed by atoms with Crippen LogP contribution in [0.3, 0.4) is 0 Å². The van der Waals surface area contributed by atoms with E-state index in [0.29, 0.717) is 12.0 Å². The highest BCUT2D eigenvalue weighted by atomic mass is 19.1. The standard InChI is InChI=1S/C15H17FN2/c1-18-15(12-7-3-4-8-13(12)16)10-11-6-2-5-9-14(11)17/h2-9,15,18H,10,17H2,1H3/t15-/m1/s1. The molecule has 3 N–H and O–H groups in total. The van der Waals surface area contributed by atoms with Gasteiger partial charge in [0.1, 0.15) is 5.82 Å². The molecule has 0 amide bonds. The molecule has 1 atom stereocenters. The second kappa shape index (κ2) is 5.65. The summed E-state index contributed by atoms with van der Waals surface area (Å²) >= 11 is 0. The van der Waals surface area contributed by atoms with Crippen LogP contribution in [0.5, 0.6) is 0 Å². The van der Waals surface area contributed by atoms with Gasteiger partial charge in [-0.25, -0.2) is 4.39 Å². The molecule has 2 rings (SSSR count). The van der Waals surface area contributed by atoms with Gasteiger partial charge in [-0.3, -0.25) is 0 Å². The van der Waals surface area contributed by atoms with Crippen molar-refractivity contribution in [3.05, 3.63) is 65.5 Å². The minimum absolute atomic E-state index is 0.0732. The second-order valence-electron chi connectivity index (χ2n) is 4.27. The first kappa shape index (κ1) is 12.6. The summed E-state index contributed by atoms with van der Waals surface area (Å²) in [4.78, 5) is 0. The Morgan fingerprint density at radius 2 is 1.78 bits per heavy atom. The molecule has 0 aliphatic carbocycles. The lowest BCUT2D eigenvalue weighted by atomic mass is 9.97. The molecule has 0 saturated heterocycles. The summed E-state index contributed by atoms with van der Waals surface area (Å²) in [5, 5.41) is 3.14. The fourth-order valence-corrected chi connectivity index (χ4v) is 2.07. The SMILES string of the molecule is CN[C@H](Cc1ccccc1N)c1ccccc1F. The predicted octanol–water partition coefficient (Wildman–Crippen LogP) is 2.91. The van der Waals surface area contributed by atoms with Crippen LogP contribution in [0.4, 0.5) is 10.1 Å². The highest BCUT2D eigenvalue weighted by molar-refractivity contribution is 5.47. The Morgan fingerprint density at radius 3 is 2.44 bits per heavy atom. The van der Waals surface area contributed by atoms with E-state index in [2.05, 4.69) is 5.32 Å². The van der Waals surface area contributed by atoms with Gasteiger partial charge in [0.25, 0.3) is 0 Å². The molecule has 0 radical (unpaired) electrons. The molecule has 0 fully saturated rings. The van der Waals surface area contributed by atoms with Crippen LogP contribution < -0.4 is 11.1 Å². The summed E-state index contributed by atoms with van der Waals surface area (Å²) in [5.74, 6) is -0.189. The Balaban J connectivity index is 2.26. The summed E-state index contributed by atoms with van der Waals surface area (Å²) in [6.07, 6.45) is 0.671. The number of nitrogen functional groups attached to an aromatic ring is 1. The number of nitrogens with one attached hydrogen (secondary N) is 1. The van der Waals surface area contributed by atoms with Crippen LogP contribution in [-0.4, -0.2) is 7.05 Å². The van der Waals surface area contributed by atoms with E-state index in [-0.39, 0.29) is 11.9 Å². The molecule has 2 aromatic carbocycles. The van der Waals surface area contributed by atoms with Crippen molar-refractivity contribution in [2.45, 2.75) is 12.5 Å². The van der Waals surface area contributed by atoms with Crippen LogP contribution in [0.25, 0.3) is 0 Å². The van der Waals surface area contributed by atoms with Gasteiger partial charge in [0.05, 0.1) is 0 Å². The normalized spacial score (nSPS) is 12.3. The Hall–Kier alpha value is -1.87. The molecule has 0 aliphatic rings. The van der Waals surface area contributed by atoms with E-state index in [9.17, 15) is 4.39 Å². The van der Waals surface area contributed by atoms with Gasteiger partial charge < -0.3 is 11.1 Å². The van der Waals surface area contributed by atoms with Crippen molar-refractivity contribution < 1.29 is 4.39 Å². The zero-order valence-corrected chi connectivity index (χ0v) is 10.4. The summed E-state index contributed by atoms with van der Waals surface area (Å²) < 4.78 is 13.8. The first-order valence-electron chi connectivity index (χ1n) is 5.97. The molecule has 0 aliphatic heterocycles. The van der Waals surface area contributed by atoms with Crippen LogP contribution >= 0.6 is 0 Å². The molecule has 2 aromatic rings.